The Morgan fingerprint density at radius 1 is 1.12 bits per heavy atom. The molecule has 0 amide bonds. The lowest BCUT2D eigenvalue weighted by Gasteiger charge is -2.12. The summed E-state index contributed by atoms with van der Waals surface area (Å²) in [6.07, 6.45) is -3.96. The van der Waals surface area contributed by atoms with Crippen LogP contribution in [0.15, 0.2) is 18.3 Å². The Morgan fingerprint density at radius 3 is 2.46 bits per heavy atom. The molecule has 126 valence electrons. The zero-order valence-electron chi connectivity index (χ0n) is 11.3. The van der Waals surface area contributed by atoms with Crippen LogP contribution in [-0.4, -0.2) is 9.97 Å². The number of rotatable bonds is 2. The van der Waals surface area contributed by atoms with Gasteiger partial charge in [0, 0.05) is 6.20 Å². The molecule has 0 aliphatic carbocycles. The van der Waals surface area contributed by atoms with Crippen molar-refractivity contribution in [2.75, 3.05) is 5.73 Å². The fourth-order valence-corrected chi connectivity index (χ4v) is 3.43. The Labute approximate surface area is 151 Å². The molecule has 0 aliphatic heterocycles. The van der Waals surface area contributed by atoms with Crippen LogP contribution < -0.4 is 10.5 Å². The molecule has 2 N–H and O–H groups in total. The van der Waals surface area contributed by atoms with E-state index in [1.54, 1.807) is 0 Å². The van der Waals surface area contributed by atoms with Gasteiger partial charge < -0.3 is 10.5 Å². The van der Waals surface area contributed by atoms with Crippen LogP contribution in [0.1, 0.15) is 5.56 Å². The van der Waals surface area contributed by atoms with Gasteiger partial charge in [0.2, 0.25) is 5.88 Å². The number of halogens is 6. The molecule has 3 aromatic rings. The Balaban J connectivity index is 2.04. The number of fused-ring (bicyclic) bond motifs is 1. The average molecular weight is 415 g/mol. The van der Waals surface area contributed by atoms with E-state index in [4.69, 9.17) is 45.3 Å². The highest BCUT2D eigenvalue weighted by Gasteiger charge is 2.32. The number of hydrogen-bond acceptors (Lipinski definition) is 5. The highest BCUT2D eigenvalue weighted by atomic mass is 35.5. The van der Waals surface area contributed by atoms with E-state index in [0.29, 0.717) is 22.5 Å². The first-order valence-corrected chi connectivity index (χ1v) is 8.06. The van der Waals surface area contributed by atoms with E-state index >= 15 is 0 Å². The predicted molar refractivity (Wildman–Crippen MR) is 88.4 cm³/mol. The Kier molecular flexibility index (Phi) is 4.41. The number of hydrogen-bond donors (Lipinski definition) is 1. The first kappa shape index (κ1) is 17.3. The maximum Gasteiger partial charge on any atom is 0.417 e. The van der Waals surface area contributed by atoms with E-state index < -0.39 is 11.7 Å². The van der Waals surface area contributed by atoms with Gasteiger partial charge in [-0.25, -0.2) is 9.97 Å². The summed E-state index contributed by atoms with van der Waals surface area (Å²) >= 11 is 19.2. The second-order valence-electron chi connectivity index (χ2n) is 4.51. The number of ether oxygens (including phenoxy) is 1. The van der Waals surface area contributed by atoms with E-state index in [0.717, 1.165) is 11.3 Å². The van der Waals surface area contributed by atoms with Crippen LogP contribution in [0.5, 0.6) is 11.6 Å². The van der Waals surface area contributed by atoms with Crippen molar-refractivity contribution in [1.29, 1.82) is 0 Å². The van der Waals surface area contributed by atoms with E-state index in [2.05, 4.69) is 9.97 Å². The molecule has 3 rings (SSSR count). The quantitative estimate of drug-likeness (QED) is 0.555. The highest BCUT2D eigenvalue weighted by molar-refractivity contribution is 7.22. The van der Waals surface area contributed by atoms with Gasteiger partial charge in [0.1, 0.15) is 10.0 Å². The van der Waals surface area contributed by atoms with Crippen LogP contribution in [0.3, 0.4) is 0 Å². The van der Waals surface area contributed by atoms with Crippen LogP contribution in [0, 0.1) is 0 Å². The molecule has 0 saturated heterocycles. The van der Waals surface area contributed by atoms with Gasteiger partial charge in [-0.05, 0) is 12.1 Å². The molecule has 0 aliphatic rings. The lowest BCUT2D eigenvalue weighted by molar-refractivity contribution is -0.137. The number of nitrogens with zero attached hydrogens (tertiary/aromatic N) is 2. The minimum Gasteiger partial charge on any atom is -0.434 e. The summed E-state index contributed by atoms with van der Waals surface area (Å²) in [5.41, 5.74) is 5.10. The fraction of sp³-hybridized carbons (Fsp3) is 0.0769. The van der Waals surface area contributed by atoms with Crippen LogP contribution in [0.4, 0.5) is 18.3 Å². The predicted octanol–water partition coefficient (Wildman–Crippen LogP) is 6.04. The molecule has 0 spiro atoms. The summed E-state index contributed by atoms with van der Waals surface area (Å²) in [5.74, 6) is -0.256. The van der Waals surface area contributed by atoms with Crippen molar-refractivity contribution < 1.29 is 17.9 Å². The molecular formula is C13H5Cl3F3N3OS. The maximum atomic E-state index is 12.6. The van der Waals surface area contributed by atoms with Gasteiger partial charge >= 0.3 is 6.18 Å². The molecule has 2 aromatic heterocycles. The minimum absolute atomic E-state index is 0.00337. The third kappa shape index (κ3) is 3.19. The molecule has 24 heavy (non-hydrogen) atoms. The molecule has 0 radical (unpaired) electrons. The zero-order chi connectivity index (χ0) is 17.6. The number of benzene rings is 1. The topological polar surface area (TPSA) is 61.0 Å². The van der Waals surface area contributed by atoms with Crippen molar-refractivity contribution in [3.8, 4) is 11.6 Å². The number of nitrogen functional groups attached to an aromatic ring is 1. The Bertz CT molecular complexity index is 946. The van der Waals surface area contributed by atoms with E-state index in [1.807, 2.05) is 0 Å². The molecule has 1 aromatic carbocycles. The monoisotopic (exact) mass is 413 g/mol. The van der Waals surface area contributed by atoms with Crippen molar-refractivity contribution in [3.63, 3.8) is 0 Å². The largest absolute Gasteiger partial charge is 0.434 e. The molecule has 0 saturated carbocycles. The van der Waals surface area contributed by atoms with Crippen molar-refractivity contribution in [1.82, 2.24) is 9.97 Å². The lowest BCUT2D eigenvalue weighted by Crippen LogP contribution is -2.05. The van der Waals surface area contributed by atoms with E-state index in [9.17, 15) is 13.2 Å². The van der Waals surface area contributed by atoms with Crippen LogP contribution >= 0.6 is 46.1 Å². The van der Waals surface area contributed by atoms with Crippen LogP contribution in [-0.2, 0) is 6.18 Å². The van der Waals surface area contributed by atoms with Crippen LogP contribution in [0.2, 0.25) is 15.1 Å². The van der Waals surface area contributed by atoms with Crippen molar-refractivity contribution in [3.05, 3.63) is 39.0 Å². The maximum absolute atomic E-state index is 12.6. The van der Waals surface area contributed by atoms with Crippen molar-refractivity contribution >= 4 is 61.5 Å². The number of aromatic nitrogens is 2. The first-order chi connectivity index (χ1) is 11.2. The van der Waals surface area contributed by atoms with Crippen LogP contribution in [0.25, 0.3) is 10.2 Å². The number of nitrogens with two attached hydrogens (primary N) is 1. The highest BCUT2D eigenvalue weighted by Crippen LogP contribution is 2.45. The minimum atomic E-state index is -4.57. The Hall–Kier alpha value is -1.48. The van der Waals surface area contributed by atoms with Crippen molar-refractivity contribution in [2.24, 2.45) is 0 Å². The summed E-state index contributed by atoms with van der Waals surface area (Å²) in [5, 5.41) is 0.159. The first-order valence-electron chi connectivity index (χ1n) is 6.11. The van der Waals surface area contributed by atoms with Gasteiger partial charge in [-0.15, -0.1) is 0 Å². The summed E-state index contributed by atoms with van der Waals surface area (Å²) in [7, 11) is 0. The van der Waals surface area contributed by atoms with Crippen molar-refractivity contribution in [2.45, 2.75) is 6.18 Å². The lowest BCUT2D eigenvalue weighted by atomic mass is 10.3. The fourth-order valence-electron chi connectivity index (χ4n) is 1.84. The van der Waals surface area contributed by atoms with Gasteiger partial charge in [-0.2, -0.15) is 13.2 Å². The number of alkyl halides is 3. The summed E-state index contributed by atoms with van der Waals surface area (Å²) < 4.78 is 43.8. The molecule has 0 atom stereocenters. The molecule has 4 nitrogen and oxygen atoms in total. The normalized spacial score (nSPS) is 11.9. The molecule has 0 fully saturated rings. The van der Waals surface area contributed by atoms with Gasteiger partial charge in [-0.3, -0.25) is 0 Å². The van der Waals surface area contributed by atoms with Gasteiger partial charge in [0.15, 0.2) is 10.9 Å². The van der Waals surface area contributed by atoms with Gasteiger partial charge in [0.25, 0.3) is 0 Å². The summed E-state index contributed by atoms with van der Waals surface area (Å²) in [6.45, 7) is 0. The second kappa shape index (κ2) is 6.11. The second-order valence-corrected chi connectivity index (χ2v) is 6.74. The number of thiazole rings is 1. The molecular weight excluding hydrogens is 410 g/mol. The third-order valence-electron chi connectivity index (χ3n) is 2.88. The standard InChI is InChI=1S/C13H5Cl3F3N3OS/c14-5-2-7-10(24-12(20)22-7)8(16)9(5)23-11-6(15)1-4(3-21-11)13(17,18)19/h1-3H,(H2,20,22). The van der Waals surface area contributed by atoms with Gasteiger partial charge in [-0.1, -0.05) is 46.1 Å². The molecule has 11 heteroatoms. The van der Waals surface area contributed by atoms with E-state index in [1.165, 1.54) is 6.07 Å². The average Bonchev–Trinajstić information content (AvgIpc) is 2.84. The third-order valence-corrected chi connectivity index (χ3v) is 4.82. The summed E-state index contributed by atoms with van der Waals surface area (Å²) in [4.78, 5) is 7.62. The molecule has 0 bridgehead atoms. The van der Waals surface area contributed by atoms with Gasteiger partial charge in [0.05, 0.1) is 20.8 Å². The van der Waals surface area contributed by atoms with E-state index in [-0.39, 0.29) is 31.8 Å². The molecule has 2 heterocycles. The number of pyridine rings is 1. The smallest absolute Gasteiger partial charge is 0.417 e. The summed E-state index contributed by atoms with van der Waals surface area (Å²) in [6, 6.07) is 2.18. The SMILES string of the molecule is Nc1nc2cc(Cl)c(Oc3ncc(C(F)(F)F)cc3Cl)c(Cl)c2s1. The molecule has 0 unspecified atom stereocenters. The zero-order valence-corrected chi connectivity index (χ0v) is 14.4. The Morgan fingerprint density at radius 2 is 1.83 bits per heavy atom. The number of anilines is 1.